The van der Waals surface area contributed by atoms with Crippen LogP contribution < -0.4 is 0 Å². The summed E-state index contributed by atoms with van der Waals surface area (Å²) in [5, 5.41) is 10.0. The molecule has 104 heavy (non-hydrogen) atoms. The van der Waals surface area contributed by atoms with E-state index in [0.717, 1.165) is 22.3 Å². The van der Waals surface area contributed by atoms with Crippen molar-refractivity contribution in [3.05, 3.63) is 226 Å². The highest BCUT2D eigenvalue weighted by Crippen LogP contribution is 2.66. The number of fused-ring (bicyclic) bond motifs is 22. The van der Waals surface area contributed by atoms with Crippen LogP contribution in [0.25, 0.3) is 132 Å². The van der Waals surface area contributed by atoms with Gasteiger partial charge in [0.1, 0.15) is 22.3 Å². The van der Waals surface area contributed by atoms with Gasteiger partial charge in [0.15, 0.2) is 0 Å². The Kier molecular flexibility index (Phi) is 18.6. The molecule has 0 unspecified atom stereocenters. The van der Waals surface area contributed by atoms with Crippen molar-refractivity contribution in [2.75, 3.05) is 0 Å². The van der Waals surface area contributed by atoms with Gasteiger partial charge in [-0.3, -0.25) is 0 Å². The maximum absolute atomic E-state index is 6.89. The maximum Gasteiger partial charge on any atom is 0.143 e. The fraction of sp³-hybridized carbons (Fsp3) is 0.392. The fourth-order valence-corrected chi connectivity index (χ4v) is 21.1. The number of rotatable bonds is 30. The summed E-state index contributed by atoms with van der Waals surface area (Å²) in [6, 6.07) is 71.9. The highest BCUT2D eigenvalue weighted by atomic mass is 16.3. The summed E-state index contributed by atoms with van der Waals surface area (Å²) in [6.45, 7) is 19.7. The van der Waals surface area contributed by atoms with E-state index in [1.807, 2.05) is 0 Å². The van der Waals surface area contributed by atoms with E-state index in [1.165, 1.54) is 301 Å². The molecule has 4 aliphatic carbocycles. The van der Waals surface area contributed by atoms with Crippen molar-refractivity contribution < 1.29 is 8.83 Å². The zero-order chi connectivity index (χ0) is 70.9. The van der Waals surface area contributed by atoms with Crippen LogP contribution in [0.5, 0.6) is 0 Å². The van der Waals surface area contributed by atoms with Gasteiger partial charge in [0.25, 0.3) is 0 Å². The van der Waals surface area contributed by atoms with Crippen LogP contribution in [0.4, 0.5) is 0 Å². The lowest BCUT2D eigenvalue weighted by molar-refractivity contribution is 0.394. The van der Waals surface area contributed by atoms with Crippen molar-refractivity contribution in [2.24, 2.45) is 0 Å². The molecule has 0 N–H and O–H groups in total. The molecule has 4 aliphatic rings. The molecule has 0 fully saturated rings. The van der Waals surface area contributed by atoms with Gasteiger partial charge < -0.3 is 8.83 Å². The van der Waals surface area contributed by atoms with Gasteiger partial charge in [-0.1, -0.05) is 331 Å². The molecule has 0 saturated carbocycles. The third kappa shape index (κ3) is 11.2. The van der Waals surface area contributed by atoms with Crippen molar-refractivity contribution in [2.45, 2.75) is 257 Å². The summed E-state index contributed by atoms with van der Waals surface area (Å²) in [7, 11) is 0. The number of hydrogen-bond donors (Lipinski definition) is 0. The normalized spacial score (nSPS) is 15.2. The second-order valence-electron chi connectivity index (χ2n) is 33.7. The van der Waals surface area contributed by atoms with E-state index in [1.54, 1.807) is 33.4 Å². The Labute approximate surface area is 620 Å². The third-order valence-electron chi connectivity index (χ3n) is 26.7. The molecule has 0 spiro atoms. The molecule has 530 valence electrons. The summed E-state index contributed by atoms with van der Waals surface area (Å²) in [4.78, 5) is 0. The molecule has 2 aromatic heterocycles. The van der Waals surface area contributed by atoms with Gasteiger partial charge in [0.05, 0.1) is 0 Å². The largest absolute Gasteiger partial charge is 0.455 e. The zero-order valence-corrected chi connectivity index (χ0v) is 63.9. The molecule has 2 nitrogen and oxygen atoms in total. The van der Waals surface area contributed by atoms with Crippen molar-refractivity contribution in [3.8, 4) is 66.8 Å². The van der Waals surface area contributed by atoms with Gasteiger partial charge in [-0.15, -0.1) is 0 Å². The topological polar surface area (TPSA) is 26.3 Å². The summed E-state index contributed by atoms with van der Waals surface area (Å²) in [5.74, 6) is 0. The van der Waals surface area contributed by atoms with Crippen molar-refractivity contribution in [3.63, 3.8) is 0 Å². The highest BCUT2D eigenvalue weighted by molar-refractivity contribution is 6.17. The molecule has 0 radical (unpaired) electrons. The minimum absolute atomic E-state index is 0.141. The Balaban J connectivity index is 0.884. The summed E-state index contributed by atoms with van der Waals surface area (Å²) in [6.07, 6.45) is 35.8. The van der Waals surface area contributed by atoms with Gasteiger partial charge in [0, 0.05) is 54.3 Å². The Morgan fingerprint density at radius 1 is 0.221 bits per heavy atom. The molecular formula is C102H110O2. The predicted octanol–water partition coefficient (Wildman–Crippen LogP) is 31.3. The van der Waals surface area contributed by atoms with Gasteiger partial charge in [-0.25, -0.2) is 0 Å². The van der Waals surface area contributed by atoms with Gasteiger partial charge >= 0.3 is 0 Å². The van der Waals surface area contributed by atoms with E-state index < -0.39 is 0 Å². The predicted molar refractivity (Wildman–Crippen MR) is 446 cm³/mol. The molecular weight excluding hydrogens is 1260 g/mol. The van der Waals surface area contributed by atoms with Gasteiger partial charge in [-0.2, -0.15) is 0 Å². The van der Waals surface area contributed by atoms with Crippen LogP contribution >= 0.6 is 0 Å². The lowest BCUT2D eigenvalue weighted by Gasteiger charge is -2.35. The zero-order valence-electron chi connectivity index (χ0n) is 63.9. The second-order valence-corrected chi connectivity index (χ2v) is 33.7. The number of furan rings is 2. The molecule has 2 heteroatoms. The maximum atomic E-state index is 6.89. The molecule has 11 aromatic carbocycles. The van der Waals surface area contributed by atoms with Gasteiger partial charge in [-0.05, 0) is 208 Å². The first-order valence-electron chi connectivity index (χ1n) is 41.5. The first-order chi connectivity index (χ1) is 50.9. The highest BCUT2D eigenvalue weighted by Gasteiger charge is 2.51. The van der Waals surface area contributed by atoms with E-state index in [9.17, 15) is 0 Å². The van der Waals surface area contributed by atoms with Crippen molar-refractivity contribution in [1.82, 2.24) is 0 Å². The average molecular weight is 1370 g/mol. The third-order valence-corrected chi connectivity index (χ3v) is 26.7. The minimum Gasteiger partial charge on any atom is -0.455 e. The summed E-state index contributed by atoms with van der Waals surface area (Å²) >= 11 is 0. The Hall–Kier alpha value is -8.46. The van der Waals surface area contributed by atoms with Crippen molar-refractivity contribution >= 4 is 65.4 Å². The van der Waals surface area contributed by atoms with Crippen LogP contribution in [0, 0.1) is 0 Å². The molecule has 2 heterocycles. The summed E-state index contributed by atoms with van der Waals surface area (Å²) in [5.41, 5.74) is 32.1. The number of para-hydroxylation sites is 4. The first kappa shape index (κ1) is 68.6. The Morgan fingerprint density at radius 3 is 0.837 bits per heavy atom. The fourth-order valence-electron chi connectivity index (χ4n) is 21.1. The lowest BCUT2D eigenvalue weighted by atomic mass is 9.68. The van der Waals surface area contributed by atoms with Crippen LogP contribution in [-0.2, 0) is 21.7 Å². The van der Waals surface area contributed by atoms with E-state index >= 15 is 0 Å². The smallest absolute Gasteiger partial charge is 0.143 e. The monoisotopic (exact) mass is 1370 g/mol. The summed E-state index contributed by atoms with van der Waals surface area (Å²) < 4.78 is 13.8. The Morgan fingerprint density at radius 2 is 0.490 bits per heavy atom. The lowest BCUT2D eigenvalue weighted by Crippen LogP contribution is -2.27. The number of hydrogen-bond acceptors (Lipinski definition) is 2. The van der Waals surface area contributed by atoms with Gasteiger partial charge in [0.2, 0.25) is 0 Å². The number of benzene rings is 11. The van der Waals surface area contributed by atoms with E-state index in [4.69, 9.17) is 8.83 Å². The number of unbranched alkanes of at least 4 members (excludes halogenated alkanes) is 20. The quantitative estimate of drug-likeness (QED) is 0.0420. The molecule has 0 aliphatic heterocycles. The second kappa shape index (κ2) is 28.1. The van der Waals surface area contributed by atoms with E-state index in [-0.39, 0.29) is 21.7 Å². The van der Waals surface area contributed by atoms with Crippen LogP contribution in [0.15, 0.2) is 191 Å². The van der Waals surface area contributed by atoms with Crippen molar-refractivity contribution in [1.29, 1.82) is 0 Å². The molecule has 0 bridgehead atoms. The van der Waals surface area contributed by atoms with Crippen LogP contribution in [0.3, 0.4) is 0 Å². The van der Waals surface area contributed by atoms with E-state index in [2.05, 4.69) is 237 Å². The average Bonchev–Trinajstić information content (AvgIpc) is 1.51. The van der Waals surface area contributed by atoms with Crippen LogP contribution in [0.1, 0.15) is 280 Å². The minimum atomic E-state index is -0.272. The molecule has 0 amide bonds. The first-order valence-corrected chi connectivity index (χ1v) is 41.5. The van der Waals surface area contributed by atoms with E-state index in [0.29, 0.717) is 0 Å². The SMILES string of the molecule is CCCCCCCCC1(CCCCCCCC)c2cc3c(cc2-c2cc4c(cc21)-c1cc2c(cc1C4(CCCCCCCC)CCCCCCCC)-c1c(cc(-c4cccc5c4oc4ccccc45)c4ccccc14)C2(C)C)C(C)(C)c1cc(-c2cccc4c2oc2ccccc24)c2ccccc2c1-3. The van der Waals surface area contributed by atoms with Crippen LogP contribution in [0.2, 0.25) is 0 Å². The molecule has 0 saturated heterocycles. The Bertz CT molecular complexity index is 5050. The molecule has 17 rings (SSSR count). The molecule has 13 aromatic rings. The van der Waals surface area contributed by atoms with Crippen LogP contribution in [-0.4, -0.2) is 0 Å². The molecule has 0 atom stereocenters. The standard InChI is InChI=1S/C102H110O2/c1-9-13-17-21-25-37-55-101(56-38-26-22-18-14-10-2)87-63-82-80-62-86-84(96-72-48-32-30-44-68(72)78(60-92(96)100(86,7)8)76-52-42-50-74-70-46-34-36-54-94(70)104-98(74)76)66-90(80)102(57-39-27-23-19-15-11-3,58-40-28-24-20-16-12-4)88(82)64-81(87)79-61-85-83(65-89(79)101)95-71-47-31-29-43-67(71)77(59-91(95)99(85,5)6)75-51-41-49-73-69-45-33-35-53-93(69)103-97(73)75/h29-36,41-54,59-66H,9-28,37-40,55-58H2,1-8H3.